The molecule has 0 heterocycles. The summed E-state index contributed by atoms with van der Waals surface area (Å²) in [6.45, 7) is 0. The largest absolute Gasteiger partial charge is 0.454 e. The number of ether oxygens (including phenoxy) is 1. The van der Waals surface area contributed by atoms with Crippen LogP contribution in [0, 0.1) is 5.82 Å². The normalized spacial score (nSPS) is 16.1. The number of carbonyl (C=O) groups excluding carboxylic acids is 1. The number of halogens is 6. The maximum atomic E-state index is 14.3. The van der Waals surface area contributed by atoms with Crippen LogP contribution in [0.15, 0.2) is 42.5 Å². The van der Waals surface area contributed by atoms with Crippen molar-refractivity contribution in [2.24, 2.45) is 5.73 Å². The second-order valence-corrected chi connectivity index (χ2v) is 6.29. The van der Waals surface area contributed by atoms with E-state index in [9.17, 15) is 31.1 Å². The number of nitrogens with two attached hydrogens (primary N) is 1. The second-order valence-electron chi connectivity index (χ2n) is 6.29. The van der Waals surface area contributed by atoms with Gasteiger partial charge in [-0.2, -0.15) is 22.0 Å². The Labute approximate surface area is 149 Å². The number of alkyl halides is 5. The average molecular weight is 389 g/mol. The quantitative estimate of drug-likeness (QED) is 0.736. The fraction of sp³-hybridized carbons (Fsp3) is 0.278. The van der Waals surface area contributed by atoms with E-state index in [0.29, 0.717) is 6.07 Å². The predicted molar refractivity (Wildman–Crippen MR) is 83.3 cm³/mol. The minimum atomic E-state index is -5.72. The molecule has 3 nitrogen and oxygen atoms in total. The van der Waals surface area contributed by atoms with E-state index in [-0.39, 0.29) is 17.1 Å². The van der Waals surface area contributed by atoms with E-state index in [1.165, 1.54) is 24.3 Å². The molecule has 1 saturated carbocycles. The summed E-state index contributed by atoms with van der Waals surface area (Å²) in [4.78, 5) is 11.0. The van der Waals surface area contributed by atoms with Gasteiger partial charge in [-0.05, 0) is 54.8 Å². The van der Waals surface area contributed by atoms with Crippen LogP contribution in [0.1, 0.15) is 28.8 Å². The lowest BCUT2D eigenvalue weighted by atomic mass is 9.88. The smallest absolute Gasteiger partial charge is 0.454 e. The molecule has 0 unspecified atom stereocenters. The molecule has 1 aliphatic rings. The molecular formula is C18H13F6NO2. The lowest BCUT2D eigenvalue weighted by Crippen LogP contribution is -2.47. The monoisotopic (exact) mass is 389 g/mol. The van der Waals surface area contributed by atoms with Gasteiger partial charge in [-0.15, -0.1) is 0 Å². The molecule has 0 atom stereocenters. The maximum absolute atomic E-state index is 14.3. The first-order chi connectivity index (χ1) is 12.5. The Kier molecular flexibility index (Phi) is 4.36. The van der Waals surface area contributed by atoms with Crippen molar-refractivity contribution in [1.29, 1.82) is 0 Å². The molecule has 2 aromatic rings. The van der Waals surface area contributed by atoms with Crippen molar-refractivity contribution < 1.29 is 35.9 Å². The molecule has 0 aliphatic heterocycles. The Morgan fingerprint density at radius 2 is 1.59 bits per heavy atom. The van der Waals surface area contributed by atoms with Crippen LogP contribution in [0.4, 0.5) is 26.3 Å². The Bertz CT molecular complexity index is 872. The zero-order valence-corrected chi connectivity index (χ0v) is 13.6. The van der Waals surface area contributed by atoms with Crippen molar-refractivity contribution in [2.45, 2.75) is 30.4 Å². The Hall–Kier alpha value is -2.71. The minimum Gasteiger partial charge on any atom is -0.454 e. The van der Waals surface area contributed by atoms with E-state index in [1.807, 2.05) is 0 Å². The third-order valence-electron chi connectivity index (χ3n) is 4.56. The third-order valence-corrected chi connectivity index (χ3v) is 4.56. The fourth-order valence-corrected chi connectivity index (χ4v) is 2.88. The van der Waals surface area contributed by atoms with Gasteiger partial charge in [0.2, 0.25) is 5.91 Å². The van der Waals surface area contributed by atoms with Crippen LogP contribution in [0.3, 0.4) is 0 Å². The first-order valence-electron chi connectivity index (χ1n) is 7.80. The number of primary amides is 1. The summed E-state index contributed by atoms with van der Waals surface area (Å²) in [5, 5.41) is 0. The van der Waals surface area contributed by atoms with Crippen LogP contribution in [-0.4, -0.2) is 18.0 Å². The molecule has 1 amide bonds. The lowest BCUT2D eigenvalue weighted by molar-refractivity contribution is -0.296. The average Bonchev–Trinajstić information content (AvgIpc) is 3.38. The van der Waals surface area contributed by atoms with Gasteiger partial charge >= 0.3 is 12.1 Å². The number of benzene rings is 2. The highest BCUT2D eigenvalue weighted by molar-refractivity contribution is 5.92. The van der Waals surface area contributed by atoms with Gasteiger partial charge < -0.3 is 10.5 Å². The highest BCUT2D eigenvalue weighted by Gasteiger charge is 2.75. The summed E-state index contributed by atoms with van der Waals surface area (Å²) in [5.74, 6) is -6.92. The van der Waals surface area contributed by atoms with Gasteiger partial charge in [0.15, 0.2) is 11.6 Å². The van der Waals surface area contributed by atoms with Crippen molar-refractivity contribution in [1.82, 2.24) is 0 Å². The van der Waals surface area contributed by atoms with Gasteiger partial charge in [-0.1, -0.05) is 6.07 Å². The number of hydrogen-bond donors (Lipinski definition) is 1. The van der Waals surface area contributed by atoms with Crippen LogP contribution >= 0.6 is 0 Å². The molecule has 144 valence electrons. The van der Waals surface area contributed by atoms with E-state index in [2.05, 4.69) is 0 Å². The molecule has 0 radical (unpaired) electrons. The topological polar surface area (TPSA) is 52.3 Å². The summed E-state index contributed by atoms with van der Waals surface area (Å²) in [5.41, 5.74) is 2.40. The Morgan fingerprint density at radius 1 is 1.00 bits per heavy atom. The number of amides is 1. The zero-order valence-electron chi connectivity index (χ0n) is 13.6. The van der Waals surface area contributed by atoms with Crippen LogP contribution in [0.2, 0.25) is 0 Å². The molecule has 27 heavy (non-hydrogen) atoms. The van der Waals surface area contributed by atoms with Gasteiger partial charge in [0.25, 0.3) is 0 Å². The van der Waals surface area contributed by atoms with E-state index < -0.39 is 47.6 Å². The molecular weight excluding hydrogens is 376 g/mol. The molecule has 0 spiro atoms. The lowest BCUT2D eigenvalue weighted by Gasteiger charge is -2.29. The highest BCUT2D eigenvalue weighted by atomic mass is 19.4. The number of rotatable bonds is 5. The van der Waals surface area contributed by atoms with Crippen molar-refractivity contribution in [3.8, 4) is 11.5 Å². The molecule has 2 aromatic carbocycles. The summed E-state index contributed by atoms with van der Waals surface area (Å²) in [6.07, 6.45) is -6.52. The van der Waals surface area contributed by atoms with Gasteiger partial charge in [0.05, 0.1) is 5.41 Å². The molecule has 2 N–H and O–H groups in total. The van der Waals surface area contributed by atoms with Crippen molar-refractivity contribution in [2.75, 3.05) is 0 Å². The maximum Gasteiger partial charge on any atom is 0.454 e. The minimum absolute atomic E-state index is 0.133. The molecule has 0 bridgehead atoms. The second kappa shape index (κ2) is 6.17. The molecule has 1 aliphatic carbocycles. The van der Waals surface area contributed by atoms with Crippen LogP contribution in [0.25, 0.3) is 0 Å². The van der Waals surface area contributed by atoms with Gasteiger partial charge in [-0.3, -0.25) is 4.79 Å². The molecule has 9 heteroatoms. The molecule has 1 fully saturated rings. The number of carbonyl (C=O) groups is 1. The van der Waals surface area contributed by atoms with E-state index in [4.69, 9.17) is 10.5 Å². The van der Waals surface area contributed by atoms with Crippen LogP contribution in [-0.2, 0) is 5.41 Å². The van der Waals surface area contributed by atoms with E-state index in [0.717, 1.165) is 12.1 Å². The fourth-order valence-electron chi connectivity index (χ4n) is 2.88. The molecule has 0 saturated heterocycles. The zero-order chi connectivity index (χ0) is 20.0. The van der Waals surface area contributed by atoms with E-state index >= 15 is 0 Å². The van der Waals surface area contributed by atoms with Crippen molar-refractivity contribution in [3.05, 3.63) is 59.4 Å². The Balaban J connectivity index is 1.85. The highest BCUT2D eigenvalue weighted by Crippen LogP contribution is 2.63. The van der Waals surface area contributed by atoms with Gasteiger partial charge in [0.1, 0.15) is 5.75 Å². The van der Waals surface area contributed by atoms with Gasteiger partial charge in [-0.25, -0.2) is 4.39 Å². The first-order valence-corrected chi connectivity index (χ1v) is 7.80. The van der Waals surface area contributed by atoms with Crippen LogP contribution < -0.4 is 10.5 Å². The number of hydrogen-bond acceptors (Lipinski definition) is 2. The Morgan fingerprint density at radius 3 is 2.04 bits per heavy atom. The van der Waals surface area contributed by atoms with Crippen molar-refractivity contribution >= 4 is 5.91 Å². The van der Waals surface area contributed by atoms with Crippen LogP contribution in [0.5, 0.6) is 11.5 Å². The SMILES string of the molecule is NC(=O)c1ccc(Oc2ccc(C3(C(F)(F)C(F)(F)F)CC3)cc2F)cc1. The van der Waals surface area contributed by atoms with Gasteiger partial charge in [0, 0.05) is 5.56 Å². The van der Waals surface area contributed by atoms with E-state index in [1.54, 1.807) is 0 Å². The summed E-state index contributed by atoms with van der Waals surface area (Å²) in [7, 11) is 0. The third kappa shape index (κ3) is 3.22. The predicted octanol–water partition coefficient (Wildman–Crippen LogP) is 4.95. The molecule has 0 aromatic heterocycles. The standard InChI is InChI=1S/C18H13F6NO2/c19-13-9-11(16(7-8-16)17(20,21)18(22,23)24)3-6-14(13)27-12-4-1-10(2-5-12)15(25)26/h1-6,9H,7-8H2,(H2,25,26). The van der Waals surface area contributed by atoms with Crippen molar-refractivity contribution in [3.63, 3.8) is 0 Å². The first kappa shape index (κ1) is 19.1. The summed E-state index contributed by atoms with van der Waals surface area (Å²) in [6, 6.07) is 8.00. The summed E-state index contributed by atoms with van der Waals surface area (Å²) < 4.78 is 85.3. The summed E-state index contributed by atoms with van der Waals surface area (Å²) >= 11 is 0. The molecule has 3 rings (SSSR count).